The highest BCUT2D eigenvalue weighted by Crippen LogP contribution is 2.12. The molecule has 1 amide bonds. The van der Waals surface area contributed by atoms with Crippen molar-refractivity contribution in [3.8, 4) is 0 Å². The Hall–Kier alpha value is -1.37. The first-order valence-electron chi connectivity index (χ1n) is 7.25. The summed E-state index contributed by atoms with van der Waals surface area (Å²) in [6, 6.07) is 3.51. The van der Waals surface area contributed by atoms with Gasteiger partial charge in [0.05, 0.1) is 19.3 Å². The molecule has 1 heterocycles. The van der Waals surface area contributed by atoms with Crippen molar-refractivity contribution in [2.24, 2.45) is 0 Å². The Labute approximate surface area is 126 Å². The number of likely N-dealkylation sites (N-methyl/N-ethyl adjacent to an activating group) is 1. The number of rotatable bonds is 9. The number of methoxy groups -OCH3 is 1. The van der Waals surface area contributed by atoms with Crippen LogP contribution in [0.5, 0.6) is 0 Å². The monoisotopic (exact) mass is 298 g/mol. The molecule has 0 saturated heterocycles. The maximum absolute atomic E-state index is 12.2. The lowest BCUT2D eigenvalue weighted by Crippen LogP contribution is -2.36. The normalized spacial score (nSPS) is 12.7. The SMILES string of the molecule is CCN(CC)Cc1ccc(C(=O)N(C)CC(O)COC)o1. The third kappa shape index (κ3) is 5.49. The molecular weight excluding hydrogens is 272 g/mol. The summed E-state index contributed by atoms with van der Waals surface area (Å²) in [6.07, 6.45) is -0.700. The van der Waals surface area contributed by atoms with Crippen LogP contribution in [-0.2, 0) is 11.3 Å². The second-order valence-corrected chi connectivity index (χ2v) is 5.02. The second kappa shape index (κ2) is 8.81. The number of aliphatic hydroxyl groups is 1. The van der Waals surface area contributed by atoms with Crippen LogP contribution in [0.1, 0.15) is 30.2 Å². The first-order valence-corrected chi connectivity index (χ1v) is 7.25. The van der Waals surface area contributed by atoms with Gasteiger partial charge in [-0.25, -0.2) is 0 Å². The average Bonchev–Trinajstić information content (AvgIpc) is 2.92. The maximum atomic E-state index is 12.2. The number of carbonyl (C=O) groups excluding carboxylic acids is 1. The van der Waals surface area contributed by atoms with E-state index in [-0.39, 0.29) is 19.1 Å². The lowest BCUT2D eigenvalue weighted by atomic mass is 10.3. The molecule has 6 nitrogen and oxygen atoms in total. The molecule has 0 aliphatic carbocycles. The lowest BCUT2D eigenvalue weighted by Gasteiger charge is -2.19. The topological polar surface area (TPSA) is 66.2 Å². The van der Waals surface area contributed by atoms with Gasteiger partial charge < -0.3 is 19.2 Å². The van der Waals surface area contributed by atoms with Crippen LogP contribution in [0.25, 0.3) is 0 Å². The number of hydrogen-bond acceptors (Lipinski definition) is 5. The summed E-state index contributed by atoms with van der Waals surface area (Å²) < 4.78 is 10.4. The van der Waals surface area contributed by atoms with Crippen molar-refractivity contribution in [2.45, 2.75) is 26.5 Å². The number of nitrogens with zero attached hydrogens (tertiary/aromatic N) is 2. The highest BCUT2D eigenvalue weighted by atomic mass is 16.5. The van der Waals surface area contributed by atoms with Crippen LogP contribution in [0.4, 0.5) is 0 Å². The number of carbonyl (C=O) groups is 1. The summed E-state index contributed by atoms with van der Waals surface area (Å²) in [5, 5.41) is 9.65. The van der Waals surface area contributed by atoms with Gasteiger partial charge in [0.2, 0.25) is 0 Å². The zero-order valence-electron chi connectivity index (χ0n) is 13.3. The molecule has 120 valence electrons. The summed E-state index contributed by atoms with van der Waals surface area (Å²) >= 11 is 0. The summed E-state index contributed by atoms with van der Waals surface area (Å²) in [7, 11) is 3.14. The van der Waals surface area contributed by atoms with E-state index in [1.807, 2.05) is 6.07 Å². The molecule has 0 saturated carbocycles. The molecule has 1 rings (SSSR count). The van der Waals surface area contributed by atoms with E-state index in [1.54, 1.807) is 13.1 Å². The Morgan fingerprint density at radius 1 is 1.38 bits per heavy atom. The molecule has 1 unspecified atom stereocenters. The van der Waals surface area contributed by atoms with Gasteiger partial charge in [-0.15, -0.1) is 0 Å². The fraction of sp³-hybridized carbons (Fsp3) is 0.667. The predicted molar refractivity (Wildman–Crippen MR) is 80.2 cm³/mol. The third-order valence-corrected chi connectivity index (χ3v) is 3.34. The predicted octanol–water partition coefficient (Wildman–Crippen LogP) is 1.20. The maximum Gasteiger partial charge on any atom is 0.289 e. The van der Waals surface area contributed by atoms with Gasteiger partial charge in [-0.3, -0.25) is 9.69 Å². The van der Waals surface area contributed by atoms with E-state index < -0.39 is 6.10 Å². The van der Waals surface area contributed by atoms with Crippen LogP contribution in [0.15, 0.2) is 16.5 Å². The number of hydrogen-bond donors (Lipinski definition) is 1. The zero-order chi connectivity index (χ0) is 15.8. The highest BCUT2D eigenvalue weighted by molar-refractivity contribution is 5.91. The van der Waals surface area contributed by atoms with Gasteiger partial charge in [-0.1, -0.05) is 13.8 Å². The molecule has 0 radical (unpaired) electrons. The Balaban J connectivity index is 2.60. The molecule has 1 N–H and O–H groups in total. The standard InChI is InChI=1S/C15H26N2O4/c1-5-17(6-2)10-13-7-8-14(21-13)15(19)16(3)9-12(18)11-20-4/h7-8,12,18H,5-6,9-11H2,1-4H3. The van der Waals surface area contributed by atoms with Gasteiger partial charge in [0.25, 0.3) is 5.91 Å². The summed E-state index contributed by atoms with van der Waals surface area (Å²) in [5.41, 5.74) is 0. The molecule has 0 fully saturated rings. The van der Waals surface area contributed by atoms with Gasteiger partial charge in [0, 0.05) is 20.7 Å². The van der Waals surface area contributed by atoms with E-state index in [4.69, 9.17) is 9.15 Å². The van der Waals surface area contributed by atoms with Crippen LogP contribution < -0.4 is 0 Å². The lowest BCUT2D eigenvalue weighted by molar-refractivity contribution is 0.0366. The van der Waals surface area contributed by atoms with Crippen molar-refractivity contribution < 1.29 is 19.1 Å². The summed E-state index contributed by atoms with van der Waals surface area (Å²) in [4.78, 5) is 15.8. The molecule has 1 aromatic heterocycles. The molecule has 1 aromatic rings. The average molecular weight is 298 g/mol. The van der Waals surface area contributed by atoms with Crippen molar-refractivity contribution in [3.63, 3.8) is 0 Å². The summed E-state index contributed by atoms with van der Waals surface area (Å²) in [6.45, 7) is 7.14. The van der Waals surface area contributed by atoms with Gasteiger partial charge in [0.15, 0.2) is 5.76 Å². The largest absolute Gasteiger partial charge is 0.455 e. The summed E-state index contributed by atoms with van der Waals surface area (Å²) in [5.74, 6) is 0.827. The minimum atomic E-state index is -0.700. The highest BCUT2D eigenvalue weighted by Gasteiger charge is 2.19. The van der Waals surface area contributed by atoms with E-state index in [0.29, 0.717) is 12.3 Å². The first-order chi connectivity index (χ1) is 10.0. The Morgan fingerprint density at radius 2 is 2.05 bits per heavy atom. The fourth-order valence-electron chi connectivity index (χ4n) is 2.08. The van der Waals surface area contributed by atoms with Crippen molar-refractivity contribution >= 4 is 5.91 Å². The molecule has 1 atom stereocenters. The van der Waals surface area contributed by atoms with Crippen LogP contribution >= 0.6 is 0 Å². The van der Waals surface area contributed by atoms with E-state index in [1.165, 1.54) is 12.0 Å². The Bertz CT molecular complexity index is 429. The number of amides is 1. The Morgan fingerprint density at radius 3 is 2.62 bits per heavy atom. The van der Waals surface area contributed by atoms with Gasteiger partial charge in [-0.05, 0) is 25.2 Å². The molecular formula is C15H26N2O4. The molecule has 0 spiro atoms. The van der Waals surface area contributed by atoms with Crippen molar-refractivity contribution in [2.75, 3.05) is 40.4 Å². The minimum Gasteiger partial charge on any atom is -0.455 e. The van der Waals surface area contributed by atoms with Crippen LogP contribution in [-0.4, -0.2) is 67.3 Å². The van der Waals surface area contributed by atoms with Gasteiger partial charge >= 0.3 is 0 Å². The number of ether oxygens (including phenoxy) is 1. The quantitative estimate of drug-likeness (QED) is 0.742. The number of furan rings is 1. The molecule has 6 heteroatoms. The number of aliphatic hydroxyl groups excluding tert-OH is 1. The zero-order valence-corrected chi connectivity index (χ0v) is 13.3. The third-order valence-electron chi connectivity index (χ3n) is 3.34. The van der Waals surface area contributed by atoms with Crippen molar-refractivity contribution in [1.29, 1.82) is 0 Å². The molecule has 0 aliphatic heterocycles. The molecule has 0 aromatic carbocycles. The van der Waals surface area contributed by atoms with Crippen LogP contribution in [0.2, 0.25) is 0 Å². The van der Waals surface area contributed by atoms with E-state index in [0.717, 1.165) is 18.8 Å². The second-order valence-electron chi connectivity index (χ2n) is 5.02. The van der Waals surface area contributed by atoms with E-state index in [9.17, 15) is 9.90 Å². The van der Waals surface area contributed by atoms with E-state index in [2.05, 4.69) is 18.7 Å². The molecule has 0 bridgehead atoms. The molecule has 21 heavy (non-hydrogen) atoms. The van der Waals surface area contributed by atoms with Crippen LogP contribution in [0, 0.1) is 0 Å². The fourth-order valence-corrected chi connectivity index (χ4v) is 2.08. The van der Waals surface area contributed by atoms with Gasteiger partial charge in [0.1, 0.15) is 5.76 Å². The van der Waals surface area contributed by atoms with Crippen molar-refractivity contribution in [3.05, 3.63) is 23.7 Å². The van der Waals surface area contributed by atoms with Crippen LogP contribution in [0.3, 0.4) is 0 Å². The minimum absolute atomic E-state index is 0.197. The van der Waals surface area contributed by atoms with Crippen molar-refractivity contribution in [1.82, 2.24) is 9.80 Å². The molecule has 0 aliphatic rings. The van der Waals surface area contributed by atoms with Gasteiger partial charge in [-0.2, -0.15) is 0 Å². The first kappa shape index (κ1) is 17.7. The van der Waals surface area contributed by atoms with E-state index >= 15 is 0 Å². The Kier molecular flexibility index (Phi) is 7.42. The smallest absolute Gasteiger partial charge is 0.289 e.